The molecule has 1 heterocycles. The van der Waals surface area contributed by atoms with Gasteiger partial charge in [0.05, 0.1) is 6.54 Å². The van der Waals surface area contributed by atoms with Gasteiger partial charge in [-0.1, -0.05) is 35.5 Å². The number of Topliss-reactive ketones (excluding diaryl/α,β-unsaturated/α-hetero) is 1. The Morgan fingerprint density at radius 3 is 2.62 bits per heavy atom. The van der Waals surface area contributed by atoms with Crippen LogP contribution in [0.2, 0.25) is 0 Å². The molecular formula is C11H11ClN2O2. The van der Waals surface area contributed by atoms with E-state index in [2.05, 4.69) is 5.16 Å². The summed E-state index contributed by atoms with van der Waals surface area (Å²) in [5.74, 6) is -0.0407. The SMILES string of the molecule is Cl.NCC(=O)c1cc(-c2ccccc2)no1. The lowest BCUT2D eigenvalue weighted by atomic mass is 10.1. The van der Waals surface area contributed by atoms with Crippen LogP contribution in [0.15, 0.2) is 40.9 Å². The molecule has 0 saturated heterocycles. The predicted octanol–water partition coefficient (Wildman–Crippen LogP) is 1.90. The zero-order valence-corrected chi connectivity index (χ0v) is 9.24. The maximum atomic E-state index is 11.2. The number of halogens is 1. The molecule has 0 amide bonds. The van der Waals surface area contributed by atoms with Crippen LogP contribution in [0.25, 0.3) is 11.3 Å². The average molecular weight is 239 g/mol. The van der Waals surface area contributed by atoms with Crippen LogP contribution >= 0.6 is 12.4 Å². The summed E-state index contributed by atoms with van der Waals surface area (Å²) < 4.78 is 4.89. The van der Waals surface area contributed by atoms with Gasteiger partial charge in [0, 0.05) is 11.6 Å². The van der Waals surface area contributed by atoms with Crippen molar-refractivity contribution in [1.82, 2.24) is 5.16 Å². The first-order chi connectivity index (χ1) is 7.31. The van der Waals surface area contributed by atoms with Crippen LogP contribution < -0.4 is 5.73 Å². The van der Waals surface area contributed by atoms with Crippen molar-refractivity contribution in [3.8, 4) is 11.3 Å². The van der Waals surface area contributed by atoms with Crippen molar-refractivity contribution < 1.29 is 9.32 Å². The molecule has 4 nitrogen and oxygen atoms in total. The molecule has 0 aliphatic carbocycles. The average Bonchev–Trinajstić information content (AvgIpc) is 2.78. The topological polar surface area (TPSA) is 69.1 Å². The van der Waals surface area contributed by atoms with E-state index in [9.17, 15) is 4.79 Å². The van der Waals surface area contributed by atoms with Gasteiger partial charge in [-0.05, 0) is 0 Å². The van der Waals surface area contributed by atoms with Crippen molar-refractivity contribution in [1.29, 1.82) is 0 Å². The number of benzene rings is 1. The van der Waals surface area contributed by atoms with Crippen LogP contribution in [0.3, 0.4) is 0 Å². The Labute approximate surface area is 98.8 Å². The Morgan fingerprint density at radius 2 is 2.00 bits per heavy atom. The largest absolute Gasteiger partial charge is 0.352 e. The van der Waals surface area contributed by atoms with Crippen LogP contribution in [0.1, 0.15) is 10.6 Å². The molecule has 0 aliphatic heterocycles. The lowest BCUT2D eigenvalue weighted by molar-refractivity contribution is 0.0966. The standard InChI is InChI=1S/C11H10N2O2.ClH/c12-7-10(14)11-6-9(13-15-11)8-4-2-1-3-5-8;/h1-6H,7,12H2;1H. The Kier molecular flexibility index (Phi) is 4.22. The van der Waals surface area contributed by atoms with Crippen molar-refractivity contribution >= 4 is 18.2 Å². The van der Waals surface area contributed by atoms with Gasteiger partial charge >= 0.3 is 0 Å². The van der Waals surface area contributed by atoms with Gasteiger partial charge in [0.25, 0.3) is 0 Å². The van der Waals surface area contributed by atoms with E-state index in [-0.39, 0.29) is 30.5 Å². The van der Waals surface area contributed by atoms with E-state index in [1.807, 2.05) is 30.3 Å². The fourth-order valence-electron chi connectivity index (χ4n) is 1.25. The number of carbonyl (C=O) groups is 1. The second-order valence-corrected chi connectivity index (χ2v) is 3.07. The van der Waals surface area contributed by atoms with E-state index >= 15 is 0 Å². The lowest BCUT2D eigenvalue weighted by Gasteiger charge is -1.91. The smallest absolute Gasteiger partial charge is 0.214 e. The third-order valence-electron chi connectivity index (χ3n) is 2.04. The van der Waals surface area contributed by atoms with Crippen molar-refractivity contribution in [2.75, 3.05) is 6.54 Å². The van der Waals surface area contributed by atoms with Gasteiger partial charge in [0.1, 0.15) is 5.69 Å². The molecule has 0 fully saturated rings. The van der Waals surface area contributed by atoms with E-state index in [0.717, 1.165) is 5.56 Å². The molecule has 16 heavy (non-hydrogen) atoms. The molecular weight excluding hydrogens is 228 g/mol. The summed E-state index contributed by atoms with van der Waals surface area (Å²) in [6.45, 7) is -0.0660. The second kappa shape index (κ2) is 5.44. The monoisotopic (exact) mass is 238 g/mol. The fraction of sp³-hybridized carbons (Fsp3) is 0.0909. The minimum atomic E-state index is -0.246. The molecule has 5 heteroatoms. The summed E-state index contributed by atoms with van der Waals surface area (Å²) in [7, 11) is 0. The Morgan fingerprint density at radius 1 is 1.31 bits per heavy atom. The van der Waals surface area contributed by atoms with Gasteiger partial charge in [-0.15, -0.1) is 12.4 Å². The lowest BCUT2D eigenvalue weighted by Crippen LogP contribution is -2.12. The molecule has 1 aromatic heterocycles. The molecule has 0 saturated carbocycles. The minimum absolute atomic E-state index is 0. The van der Waals surface area contributed by atoms with Gasteiger partial charge in [0.2, 0.25) is 11.5 Å². The highest BCUT2D eigenvalue weighted by atomic mass is 35.5. The number of nitrogens with two attached hydrogens (primary N) is 1. The van der Waals surface area contributed by atoms with E-state index < -0.39 is 0 Å². The summed E-state index contributed by atoms with van der Waals surface area (Å²) in [5, 5.41) is 3.80. The van der Waals surface area contributed by atoms with Gasteiger partial charge in [0.15, 0.2) is 0 Å². The van der Waals surface area contributed by atoms with Crippen LogP contribution in [-0.4, -0.2) is 17.5 Å². The highest BCUT2D eigenvalue weighted by molar-refractivity contribution is 5.95. The van der Waals surface area contributed by atoms with Crippen molar-refractivity contribution in [2.45, 2.75) is 0 Å². The van der Waals surface area contributed by atoms with Gasteiger partial charge in [-0.3, -0.25) is 4.79 Å². The van der Waals surface area contributed by atoms with Crippen molar-refractivity contribution in [3.05, 3.63) is 42.2 Å². The molecule has 2 aromatic rings. The zero-order chi connectivity index (χ0) is 10.7. The van der Waals surface area contributed by atoms with Gasteiger partial charge in [-0.2, -0.15) is 0 Å². The van der Waals surface area contributed by atoms with E-state index in [0.29, 0.717) is 5.69 Å². The fourth-order valence-corrected chi connectivity index (χ4v) is 1.25. The maximum Gasteiger partial charge on any atom is 0.214 e. The first-order valence-electron chi connectivity index (χ1n) is 4.56. The second-order valence-electron chi connectivity index (χ2n) is 3.07. The van der Waals surface area contributed by atoms with Crippen LogP contribution in [0.4, 0.5) is 0 Å². The quantitative estimate of drug-likeness (QED) is 0.830. The first-order valence-corrected chi connectivity index (χ1v) is 4.56. The van der Waals surface area contributed by atoms with E-state index in [4.69, 9.17) is 10.3 Å². The minimum Gasteiger partial charge on any atom is -0.352 e. The molecule has 0 atom stereocenters. The van der Waals surface area contributed by atoms with Crippen LogP contribution in [0.5, 0.6) is 0 Å². The molecule has 0 aliphatic rings. The number of nitrogens with zero attached hydrogens (tertiary/aromatic N) is 1. The molecule has 0 unspecified atom stereocenters. The molecule has 2 N–H and O–H groups in total. The number of aromatic nitrogens is 1. The van der Waals surface area contributed by atoms with Crippen LogP contribution in [0, 0.1) is 0 Å². The molecule has 0 bridgehead atoms. The summed E-state index contributed by atoms with van der Waals surface area (Å²) >= 11 is 0. The van der Waals surface area contributed by atoms with Crippen molar-refractivity contribution in [3.63, 3.8) is 0 Å². The van der Waals surface area contributed by atoms with Gasteiger partial charge in [-0.25, -0.2) is 0 Å². The normalized spacial score (nSPS) is 9.56. The molecule has 0 spiro atoms. The molecule has 2 rings (SSSR count). The third kappa shape index (κ3) is 2.48. The summed E-state index contributed by atoms with van der Waals surface area (Å²) in [4.78, 5) is 11.2. The first kappa shape index (κ1) is 12.4. The Hall–Kier alpha value is -1.65. The third-order valence-corrected chi connectivity index (χ3v) is 2.04. The number of hydrogen-bond acceptors (Lipinski definition) is 4. The number of rotatable bonds is 3. The number of carbonyl (C=O) groups excluding carboxylic acids is 1. The van der Waals surface area contributed by atoms with Crippen LogP contribution in [-0.2, 0) is 0 Å². The summed E-state index contributed by atoms with van der Waals surface area (Å²) in [6, 6.07) is 11.1. The number of ketones is 1. The highest BCUT2D eigenvalue weighted by Gasteiger charge is 2.11. The summed E-state index contributed by atoms with van der Waals surface area (Å²) in [6.07, 6.45) is 0. The Bertz CT molecular complexity index is 468. The van der Waals surface area contributed by atoms with E-state index in [1.54, 1.807) is 6.07 Å². The van der Waals surface area contributed by atoms with E-state index in [1.165, 1.54) is 0 Å². The summed E-state index contributed by atoms with van der Waals surface area (Å²) in [5.41, 5.74) is 6.77. The molecule has 0 radical (unpaired) electrons. The molecule has 84 valence electrons. The van der Waals surface area contributed by atoms with Crippen molar-refractivity contribution in [2.24, 2.45) is 5.73 Å². The highest BCUT2D eigenvalue weighted by Crippen LogP contribution is 2.18. The maximum absolute atomic E-state index is 11.2. The van der Waals surface area contributed by atoms with Gasteiger partial charge < -0.3 is 10.3 Å². The Balaban J connectivity index is 0.00000128. The number of hydrogen-bond donors (Lipinski definition) is 1. The predicted molar refractivity (Wildman–Crippen MR) is 62.6 cm³/mol. The molecule has 1 aromatic carbocycles. The zero-order valence-electron chi connectivity index (χ0n) is 8.42.